The minimum absolute atomic E-state index is 0.0408. The summed E-state index contributed by atoms with van der Waals surface area (Å²) in [7, 11) is 1.48. The van der Waals surface area contributed by atoms with Gasteiger partial charge in [0.1, 0.15) is 23.0 Å². The van der Waals surface area contributed by atoms with Gasteiger partial charge in [-0.2, -0.15) is 0 Å². The van der Waals surface area contributed by atoms with Gasteiger partial charge in [-0.15, -0.1) is 0 Å². The third-order valence-corrected chi connectivity index (χ3v) is 8.32. The summed E-state index contributed by atoms with van der Waals surface area (Å²) in [5, 5.41) is 13.4. The van der Waals surface area contributed by atoms with Crippen molar-refractivity contribution in [3.05, 3.63) is 53.9 Å². The molecule has 9 heteroatoms. The molecule has 3 N–H and O–H groups in total. The molecule has 7 nitrogen and oxygen atoms in total. The number of fused-ring (bicyclic) bond motifs is 3. The molecule has 38 heavy (non-hydrogen) atoms. The van der Waals surface area contributed by atoms with Crippen molar-refractivity contribution in [2.24, 2.45) is 0 Å². The fourth-order valence-electron chi connectivity index (χ4n) is 6.40. The van der Waals surface area contributed by atoms with E-state index in [1.54, 1.807) is 0 Å². The Balaban J connectivity index is 1.24. The number of pyridine rings is 1. The van der Waals surface area contributed by atoms with E-state index < -0.39 is 11.6 Å². The molecule has 1 saturated heterocycles. The Morgan fingerprint density at radius 1 is 1.18 bits per heavy atom. The highest BCUT2D eigenvalue weighted by Gasteiger charge is 2.38. The average Bonchev–Trinajstić information content (AvgIpc) is 3.42. The summed E-state index contributed by atoms with van der Waals surface area (Å²) in [6.07, 6.45) is 8.99. The number of aromatic nitrogens is 2. The average molecular weight is 523 g/mol. The number of ether oxygens (including phenoxy) is 1. The van der Waals surface area contributed by atoms with Crippen LogP contribution in [0.25, 0.3) is 27.7 Å². The van der Waals surface area contributed by atoms with E-state index in [2.05, 4.69) is 26.3 Å². The maximum absolute atomic E-state index is 15.1. The molecule has 1 aliphatic carbocycles. The number of nitrogens with one attached hydrogen (secondary N) is 2. The van der Waals surface area contributed by atoms with Crippen molar-refractivity contribution in [1.82, 2.24) is 20.2 Å². The first-order valence-corrected chi connectivity index (χ1v) is 13.3. The summed E-state index contributed by atoms with van der Waals surface area (Å²) >= 11 is 0. The van der Waals surface area contributed by atoms with Crippen molar-refractivity contribution >= 4 is 22.5 Å². The van der Waals surface area contributed by atoms with E-state index in [1.165, 1.54) is 25.3 Å². The molecule has 1 aromatic carbocycles. The van der Waals surface area contributed by atoms with Gasteiger partial charge in [-0.05, 0) is 74.8 Å². The van der Waals surface area contributed by atoms with Crippen molar-refractivity contribution in [3.63, 3.8) is 0 Å². The topological polar surface area (TPSA) is 90.5 Å². The molecule has 3 aliphatic rings. The number of methoxy groups -OCH3 is 1. The van der Waals surface area contributed by atoms with Crippen molar-refractivity contribution in [1.29, 1.82) is 0 Å². The quantitative estimate of drug-likeness (QED) is 0.442. The van der Waals surface area contributed by atoms with Crippen molar-refractivity contribution < 1.29 is 23.4 Å². The molecular weight excluding hydrogens is 490 g/mol. The van der Waals surface area contributed by atoms with Gasteiger partial charge < -0.3 is 20.1 Å². The Hall–Kier alpha value is -3.30. The number of benzene rings is 1. The number of rotatable bonds is 6. The summed E-state index contributed by atoms with van der Waals surface area (Å²) in [4.78, 5) is 22.7. The van der Waals surface area contributed by atoms with Crippen LogP contribution in [0.1, 0.15) is 50.6 Å². The van der Waals surface area contributed by atoms with Crippen LogP contribution >= 0.6 is 0 Å². The molecule has 3 aromatic rings. The maximum Gasteiger partial charge on any atom is 0.234 e. The van der Waals surface area contributed by atoms with Crippen LogP contribution in [0.3, 0.4) is 0 Å². The predicted molar refractivity (Wildman–Crippen MR) is 141 cm³/mol. The van der Waals surface area contributed by atoms with Crippen LogP contribution in [0, 0.1) is 11.6 Å². The maximum atomic E-state index is 15.1. The Kier molecular flexibility index (Phi) is 6.65. The van der Waals surface area contributed by atoms with E-state index in [4.69, 9.17) is 4.74 Å². The van der Waals surface area contributed by atoms with Crippen LogP contribution < -0.4 is 10.1 Å². The summed E-state index contributed by atoms with van der Waals surface area (Å²) in [5.74, 6) is -0.597. The first-order chi connectivity index (χ1) is 18.4. The molecule has 1 amide bonds. The van der Waals surface area contributed by atoms with Crippen LogP contribution in [0.2, 0.25) is 0 Å². The third kappa shape index (κ3) is 4.69. The molecule has 2 unspecified atom stereocenters. The molecule has 2 atom stereocenters. The van der Waals surface area contributed by atoms with Gasteiger partial charge >= 0.3 is 0 Å². The van der Waals surface area contributed by atoms with E-state index in [1.807, 2.05) is 6.07 Å². The van der Waals surface area contributed by atoms with Gasteiger partial charge in [-0.25, -0.2) is 13.8 Å². The molecule has 2 fully saturated rings. The summed E-state index contributed by atoms with van der Waals surface area (Å²) in [5.41, 5.74) is 3.09. The highest BCUT2D eigenvalue weighted by atomic mass is 19.1. The Morgan fingerprint density at radius 2 is 2.00 bits per heavy atom. The lowest BCUT2D eigenvalue weighted by Crippen LogP contribution is -2.48. The van der Waals surface area contributed by atoms with Crippen molar-refractivity contribution in [3.8, 4) is 16.9 Å². The first kappa shape index (κ1) is 25.0. The molecular formula is C29H32F2N4O3. The number of aliphatic hydroxyl groups excluding tert-OH is 1. The summed E-state index contributed by atoms with van der Waals surface area (Å²) in [6, 6.07) is 6.49. The second-order valence-corrected chi connectivity index (χ2v) is 10.7. The second kappa shape index (κ2) is 10.1. The highest BCUT2D eigenvalue weighted by molar-refractivity contribution is 5.97. The van der Waals surface area contributed by atoms with E-state index in [0.29, 0.717) is 28.9 Å². The summed E-state index contributed by atoms with van der Waals surface area (Å²) in [6.45, 7) is 0.362. The molecule has 2 bridgehead atoms. The molecule has 2 aliphatic heterocycles. The Morgan fingerprint density at radius 3 is 2.76 bits per heavy atom. The van der Waals surface area contributed by atoms with Gasteiger partial charge in [0.25, 0.3) is 0 Å². The number of carbonyl (C=O) groups excluding carboxylic acids is 1. The zero-order chi connectivity index (χ0) is 26.4. The van der Waals surface area contributed by atoms with E-state index in [-0.39, 0.29) is 35.7 Å². The largest absolute Gasteiger partial charge is 0.496 e. The molecule has 1 saturated carbocycles. The molecule has 0 spiro atoms. The zero-order valence-corrected chi connectivity index (χ0v) is 21.3. The molecule has 200 valence electrons. The van der Waals surface area contributed by atoms with Gasteiger partial charge in [0, 0.05) is 40.3 Å². The van der Waals surface area contributed by atoms with Gasteiger partial charge in [-0.1, -0.05) is 6.08 Å². The SMILES string of the molecule is COc1ccc(F)cc1-c1c(F)cnc2[nH]c(C3=CC4CCC(C3)N4CC(=O)NC3CCC(O)CC3)cc12. The number of aliphatic hydroxyl groups is 1. The summed E-state index contributed by atoms with van der Waals surface area (Å²) < 4.78 is 34.6. The predicted octanol–water partition coefficient (Wildman–Crippen LogP) is 4.56. The number of hydrogen-bond acceptors (Lipinski definition) is 5. The van der Waals surface area contributed by atoms with Gasteiger partial charge in [0.2, 0.25) is 5.91 Å². The van der Waals surface area contributed by atoms with E-state index in [0.717, 1.165) is 62.4 Å². The van der Waals surface area contributed by atoms with Crippen LogP contribution in [-0.2, 0) is 4.79 Å². The van der Waals surface area contributed by atoms with Gasteiger partial charge in [-0.3, -0.25) is 9.69 Å². The minimum atomic E-state index is -0.547. The van der Waals surface area contributed by atoms with Crippen molar-refractivity contribution in [2.75, 3.05) is 13.7 Å². The van der Waals surface area contributed by atoms with Gasteiger partial charge in [0.15, 0.2) is 0 Å². The lowest BCUT2D eigenvalue weighted by molar-refractivity contribution is -0.123. The molecule has 2 aromatic heterocycles. The number of H-pyrrole nitrogens is 1. The fourth-order valence-corrected chi connectivity index (χ4v) is 6.40. The third-order valence-electron chi connectivity index (χ3n) is 8.32. The number of carbonyl (C=O) groups is 1. The lowest BCUT2D eigenvalue weighted by Gasteiger charge is -2.34. The Labute approximate surface area is 219 Å². The van der Waals surface area contributed by atoms with E-state index >= 15 is 4.39 Å². The van der Waals surface area contributed by atoms with Crippen LogP contribution in [0.15, 0.2) is 36.5 Å². The smallest absolute Gasteiger partial charge is 0.234 e. The molecule has 4 heterocycles. The van der Waals surface area contributed by atoms with Gasteiger partial charge in [0.05, 0.1) is 26.0 Å². The van der Waals surface area contributed by atoms with Crippen LogP contribution in [0.5, 0.6) is 5.75 Å². The monoisotopic (exact) mass is 522 g/mol. The normalized spacial score (nSPS) is 25.4. The number of aromatic amines is 1. The highest BCUT2D eigenvalue weighted by Crippen LogP contribution is 2.41. The second-order valence-electron chi connectivity index (χ2n) is 10.7. The van der Waals surface area contributed by atoms with E-state index in [9.17, 15) is 14.3 Å². The minimum Gasteiger partial charge on any atom is -0.496 e. The molecule has 0 radical (unpaired) electrons. The standard InChI is InChI=1S/C29H32F2N4O3/c1-38-26-9-2-17(30)12-22(26)28-23-13-25(34-29(23)32-14-24(28)31)16-10-19-5-6-20(11-16)35(19)15-27(37)33-18-3-7-21(36)8-4-18/h2,9-10,12-14,18-21,36H,3-8,11,15H2,1H3,(H,32,34)(H,33,37). The molecule has 6 rings (SSSR count). The van der Waals surface area contributed by atoms with Crippen LogP contribution in [0.4, 0.5) is 8.78 Å². The first-order valence-electron chi connectivity index (χ1n) is 13.3. The fraction of sp³-hybridized carbons (Fsp3) is 0.448. The number of hydrogen-bond donors (Lipinski definition) is 3. The van der Waals surface area contributed by atoms with Crippen molar-refractivity contribution in [2.45, 2.75) is 69.2 Å². The number of halogens is 2. The number of amides is 1. The zero-order valence-electron chi connectivity index (χ0n) is 21.3. The van der Waals surface area contributed by atoms with Crippen LogP contribution in [-0.4, -0.2) is 63.8 Å². The Bertz CT molecular complexity index is 1400. The lowest BCUT2D eigenvalue weighted by atomic mass is 9.93. The number of nitrogens with zero attached hydrogens (tertiary/aromatic N) is 2.